The van der Waals surface area contributed by atoms with Crippen molar-refractivity contribution < 1.29 is 53.3 Å². The van der Waals surface area contributed by atoms with Crippen molar-refractivity contribution in [2.45, 2.75) is 174 Å². The third-order valence-electron chi connectivity index (χ3n) is 16.6. The summed E-state index contributed by atoms with van der Waals surface area (Å²) in [6.45, 7) is 18.1. The summed E-state index contributed by atoms with van der Waals surface area (Å²) in [6, 6.07) is 0. The van der Waals surface area contributed by atoms with Crippen molar-refractivity contribution >= 4 is 11.9 Å². The van der Waals surface area contributed by atoms with E-state index >= 15 is 0 Å². The summed E-state index contributed by atoms with van der Waals surface area (Å²) in [5.41, 5.74) is -1.48. The van der Waals surface area contributed by atoms with Crippen LogP contribution < -0.4 is 0 Å². The molecule has 2 bridgehead atoms. The second kappa shape index (κ2) is 10.9. The average molecular weight is 705 g/mol. The van der Waals surface area contributed by atoms with Crippen LogP contribution in [0.1, 0.15) is 114 Å². The number of carbonyl (C=O) groups is 2. The summed E-state index contributed by atoms with van der Waals surface area (Å²) < 4.78 is 37.3. The number of carbonyl (C=O) groups excluding carboxylic acids is 2. The van der Waals surface area contributed by atoms with E-state index in [1.807, 2.05) is 13.8 Å². The van der Waals surface area contributed by atoms with Gasteiger partial charge in [0.1, 0.15) is 30.0 Å². The zero-order valence-corrected chi connectivity index (χ0v) is 31.4. The molecular formula is C39H60O11. The Kier molecular flexibility index (Phi) is 7.76. The van der Waals surface area contributed by atoms with E-state index in [0.29, 0.717) is 11.8 Å². The van der Waals surface area contributed by atoms with Crippen LogP contribution in [0.25, 0.3) is 0 Å². The number of hydrogen-bond donors (Lipinski definition) is 3. The van der Waals surface area contributed by atoms with Crippen molar-refractivity contribution in [3.8, 4) is 0 Å². The highest BCUT2D eigenvalue weighted by Crippen LogP contribution is 2.90. The van der Waals surface area contributed by atoms with Crippen LogP contribution >= 0.6 is 0 Å². The summed E-state index contributed by atoms with van der Waals surface area (Å²) in [7, 11) is 0. The number of ether oxygens (including phenoxy) is 6. The molecule has 11 heteroatoms. The molecule has 3 spiro atoms. The third kappa shape index (κ3) is 4.29. The van der Waals surface area contributed by atoms with Crippen molar-refractivity contribution in [1.82, 2.24) is 0 Å². The predicted molar refractivity (Wildman–Crippen MR) is 178 cm³/mol. The third-order valence-corrected chi connectivity index (χ3v) is 16.6. The van der Waals surface area contributed by atoms with Gasteiger partial charge in [-0.1, -0.05) is 34.6 Å². The number of aliphatic hydroxyl groups excluding tert-OH is 3. The average Bonchev–Trinajstić information content (AvgIpc) is 3.53. The minimum absolute atomic E-state index is 0.0208. The van der Waals surface area contributed by atoms with Crippen molar-refractivity contribution in [3.63, 3.8) is 0 Å². The fraction of sp³-hybridized carbons (Fsp3) is 0.949. The number of fused-ring (bicyclic) bond motifs is 4. The normalized spacial score (nSPS) is 55.8. The van der Waals surface area contributed by atoms with Crippen LogP contribution in [0.2, 0.25) is 0 Å². The Balaban J connectivity index is 1.05. The molecule has 0 unspecified atom stereocenters. The van der Waals surface area contributed by atoms with Gasteiger partial charge in [-0.15, -0.1) is 0 Å². The van der Waals surface area contributed by atoms with Gasteiger partial charge in [-0.05, 0) is 105 Å². The molecule has 0 radical (unpaired) electrons. The Labute approximate surface area is 296 Å². The molecule has 3 aliphatic heterocycles. The molecule has 5 saturated carbocycles. The van der Waals surface area contributed by atoms with Crippen molar-refractivity contribution in [1.29, 1.82) is 0 Å². The van der Waals surface area contributed by atoms with Crippen LogP contribution in [-0.4, -0.2) is 94.3 Å². The summed E-state index contributed by atoms with van der Waals surface area (Å²) >= 11 is 0. The second-order valence-corrected chi connectivity index (χ2v) is 19.4. The van der Waals surface area contributed by atoms with E-state index in [-0.39, 0.29) is 58.3 Å². The van der Waals surface area contributed by atoms with E-state index in [4.69, 9.17) is 28.4 Å². The molecule has 0 aromatic heterocycles. The predicted octanol–water partition coefficient (Wildman–Crippen LogP) is 4.26. The molecule has 282 valence electrons. The van der Waals surface area contributed by atoms with E-state index in [2.05, 4.69) is 34.6 Å². The molecule has 17 atom stereocenters. The summed E-state index contributed by atoms with van der Waals surface area (Å²) in [6.07, 6.45) is 1.65. The molecule has 0 amide bonds. The van der Waals surface area contributed by atoms with Crippen LogP contribution in [0.5, 0.6) is 0 Å². The van der Waals surface area contributed by atoms with Gasteiger partial charge in [0.05, 0.1) is 18.8 Å². The SMILES string of the molecule is CC(=O)O[C@H]1CO[C@@H](O[C@H]2CC[C@]34C[C@]35CC[C@]3(C)[C@H]6[C@H](C)C[C@H]7O[C@@]6(O[C@@H]7C(C)(C)OC(C)=O)[C@H](O)[C@@]3(C)[C@@H]5CC[C@H]4C2(C)C)[C@H](O)[C@H]1O. The largest absolute Gasteiger partial charge is 0.457 e. The number of hydrogen-bond acceptors (Lipinski definition) is 11. The maximum absolute atomic E-state index is 12.8. The highest BCUT2D eigenvalue weighted by molar-refractivity contribution is 5.66. The Morgan fingerprint density at radius 3 is 2.22 bits per heavy atom. The fourth-order valence-corrected chi connectivity index (χ4v) is 14.7. The first kappa shape index (κ1) is 35.7. The maximum Gasteiger partial charge on any atom is 0.303 e. The minimum Gasteiger partial charge on any atom is -0.457 e. The molecule has 3 saturated heterocycles. The van der Waals surface area contributed by atoms with Gasteiger partial charge < -0.3 is 43.7 Å². The molecule has 0 aromatic carbocycles. The number of esters is 2. The first-order valence-electron chi connectivity index (χ1n) is 19.3. The summed E-state index contributed by atoms with van der Waals surface area (Å²) in [5, 5.41) is 34.5. The van der Waals surface area contributed by atoms with Crippen LogP contribution in [0.4, 0.5) is 0 Å². The van der Waals surface area contributed by atoms with E-state index in [1.165, 1.54) is 13.8 Å². The minimum atomic E-state index is -1.33. The standard InChI is InChI=1S/C39H60O11/c1-19-16-22-30(34(6,7)48-21(3)41)50-39(49-22)29(19)35(8)14-15-38-18-37(38)13-12-26(47-31-28(43)27(42)23(17-45-31)46-20(2)40)33(4,5)24(37)10-11-25(38)36(35,9)32(39)44/h19,22-32,42-44H,10-18H2,1-9H3/t19-,22-,23+,24+,25+,26+,27+,28-,29-,30+,31+,32-,35-,36-,37-,38+,39+/m1/s1. The molecule has 11 nitrogen and oxygen atoms in total. The van der Waals surface area contributed by atoms with Crippen LogP contribution in [-0.2, 0) is 38.0 Å². The Morgan fingerprint density at radius 1 is 0.860 bits per heavy atom. The molecule has 8 rings (SSSR count). The smallest absolute Gasteiger partial charge is 0.303 e. The van der Waals surface area contributed by atoms with Crippen molar-refractivity contribution in [2.24, 2.45) is 50.7 Å². The van der Waals surface area contributed by atoms with Crippen molar-refractivity contribution in [3.05, 3.63) is 0 Å². The van der Waals surface area contributed by atoms with E-state index < -0.39 is 59.6 Å². The Morgan fingerprint density at radius 2 is 1.54 bits per heavy atom. The van der Waals surface area contributed by atoms with Crippen molar-refractivity contribution in [2.75, 3.05) is 6.61 Å². The first-order chi connectivity index (χ1) is 23.2. The Hall–Kier alpha value is -1.34. The molecule has 50 heavy (non-hydrogen) atoms. The fourth-order valence-electron chi connectivity index (χ4n) is 14.7. The zero-order chi connectivity index (χ0) is 36.2. The molecule has 5 aliphatic carbocycles. The first-order valence-corrected chi connectivity index (χ1v) is 19.3. The van der Waals surface area contributed by atoms with Crippen LogP contribution in [0, 0.1) is 50.7 Å². The Bertz CT molecular complexity index is 1430. The lowest BCUT2D eigenvalue weighted by atomic mass is 9.41. The molecular weight excluding hydrogens is 644 g/mol. The molecule has 0 aromatic rings. The molecule has 8 fully saturated rings. The van der Waals surface area contributed by atoms with Gasteiger partial charge in [-0.25, -0.2) is 0 Å². The maximum atomic E-state index is 12.8. The highest BCUT2D eigenvalue weighted by Gasteiger charge is 2.88. The van der Waals surface area contributed by atoms with Crippen LogP contribution in [0.15, 0.2) is 0 Å². The summed E-state index contributed by atoms with van der Waals surface area (Å²) in [5.74, 6) is -1.02. The number of aliphatic hydroxyl groups is 3. The van der Waals surface area contributed by atoms with E-state index in [9.17, 15) is 24.9 Å². The summed E-state index contributed by atoms with van der Waals surface area (Å²) in [4.78, 5) is 23.6. The van der Waals surface area contributed by atoms with Gasteiger partial charge in [0.15, 0.2) is 18.2 Å². The van der Waals surface area contributed by atoms with Gasteiger partial charge in [0.2, 0.25) is 0 Å². The van der Waals surface area contributed by atoms with Gasteiger partial charge in [-0.2, -0.15) is 0 Å². The lowest BCUT2D eigenvalue weighted by Crippen LogP contribution is -2.61. The van der Waals surface area contributed by atoms with E-state index in [0.717, 1.165) is 51.4 Å². The van der Waals surface area contributed by atoms with Gasteiger partial charge >= 0.3 is 11.9 Å². The second-order valence-electron chi connectivity index (χ2n) is 19.4. The van der Waals surface area contributed by atoms with Gasteiger partial charge in [0.25, 0.3) is 0 Å². The molecule has 3 heterocycles. The zero-order valence-electron chi connectivity index (χ0n) is 31.4. The van der Waals surface area contributed by atoms with Gasteiger partial charge in [-0.3, -0.25) is 9.59 Å². The monoisotopic (exact) mass is 704 g/mol. The lowest BCUT2D eigenvalue weighted by Gasteiger charge is -2.63. The van der Waals surface area contributed by atoms with Gasteiger partial charge in [0, 0.05) is 25.2 Å². The number of rotatable bonds is 5. The van der Waals surface area contributed by atoms with E-state index in [1.54, 1.807) is 0 Å². The van der Waals surface area contributed by atoms with Crippen LogP contribution in [0.3, 0.4) is 0 Å². The topological polar surface area (TPSA) is 150 Å². The lowest BCUT2D eigenvalue weighted by molar-refractivity contribution is -0.304. The molecule has 3 N–H and O–H groups in total. The highest BCUT2D eigenvalue weighted by atomic mass is 16.8. The molecule has 8 aliphatic rings. The quantitative estimate of drug-likeness (QED) is 0.278.